The quantitative estimate of drug-likeness (QED) is 0.477. The summed E-state index contributed by atoms with van der Waals surface area (Å²) in [5.74, 6) is 2.53. The van der Waals surface area contributed by atoms with Gasteiger partial charge in [0.1, 0.15) is 0 Å². The molecule has 2 aromatic carbocycles. The summed E-state index contributed by atoms with van der Waals surface area (Å²) in [5.41, 5.74) is 5.65. The molecule has 1 aromatic heterocycles. The molecular weight excluding hydrogens is 434 g/mol. The van der Waals surface area contributed by atoms with Crippen LogP contribution in [0.2, 0.25) is 0 Å². The molecule has 0 saturated heterocycles. The normalized spacial score (nSPS) is 30.4. The van der Waals surface area contributed by atoms with Gasteiger partial charge in [-0.25, -0.2) is 4.68 Å². The van der Waals surface area contributed by atoms with Crippen molar-refractivity contribution in [2.24, 2.45) is 22.9 Å². The predicted molar refractivity (Wildman–Crippen MR) is 136 cm³/mol. The van der Waals surface area contributed by atoms with E-state index in [1.165, 1.54) is 49.2 Å². The first kappa shape index (κ1) is 20.8. The second-order valence-electron chi connectivity index (χ2n) is 11.0. The summed E-state index contributed by atoms with van der Waals surface area (Å²) < 4.78 is 2.06. The summed E-state index contributed by atoms with van der Waals surface area (Å²) >= 11 is 0. The molecule has 6 nitrogen and oxygen atoms in total. The van der Waals surface area contributed by atoms with Crippen LogP contribution in [-0.2, 0) is 10.2 Å². The minimum absolute atomic E-state index is 0.0989. The standard InChI is InChI=1S/C29H29N5O/c1-19-26(28(35)34(31-19)24-5-3-2-4-6-24)14-20-7-9-25(10-8-20)33-27(18-30-32-33)29-15-21-11-22(16-29)13-23(12-21)17-29/h2-10,14,18,21-23H,11-13,15-17H2,1H3/b26-14-. The van der Waals surface area contributed by atoms with Gasteiger partial charge in [-0.1, -0.05) is 35.5 Å². The minimum Gasteiger partial charge on any atom is -0.267 e. The van der Waals surface area contributed by atoms with Gasteiger partial charge in [0.2, 0.25) is 0 Å². The number of hydrogen-bond acceptors (Lipinski definition) is 4. The van der Waals surface area contributed by atoms with Crippen LogP contribution in [0.3, 0.4) is 0 Å². The van der Waals surface area contributed by atoms with Gasteiger partial charge in [-0.05, 0) is 99.1 Å². The van der Waals surface area contributed by atoms with E-state index < -0.39 is 0 Å². The van der Waals surface area contributed by atoms with Crippen LogP contribution in [0, 0.1) is 17.8 Å². The van der Waals surface area contributed by atoms with Gasteiger partial charge >= 0.3 is 0 Å². The average molecular weight is 464 g/mol. The summed E-state index contributed by atoms with van der Waals surface area (Å²) in [5, 5.41) is 14.8. The largest absolute Gasteiger partial charge is 0.280 e. The van der Waals surface area contributed by atoms with Crippen molar-refractivity contribution in [1.29, 1.82) is 0 Å². The van der Waals surface area contributed by atoms with E-state index in [0.29, 0.717) is 5.57 Å². The Morgan fingerprint density at radius 2 is 1.54 bits per heavy atom. The van der Waals surface area contributed by atoms with Gasteiger partial charge in [-0.15, -0.1) is 5.10 Å². The number of hydrazone groups is 1. The predicted octanol–water partition coefficient (Wildman–Crippen LogP) is 5.54. The van der Waals surface area contributed by atoms with E-state index in [-0.39, 0.29) is 11.3 Å². The van der Waals surface area contributed by atoms with Gasteiger partial charge < -0.3 is 0 Å². The highest BCUT2D eigenvalue weighted by atomic mass is 16.2. The van der Waals surface area contributed by atoms with Gasteiger partial charge in [-0.2, -0.15) is 10.1 Å². The Kier molecular flexibility index (Phi) is 4.60. The second kappa shape index (κ2) is 7.74. The molecule has 0 unspecified atom stereocenters. The third-order valence-corrected chi connectivity index (χ3v) is 8.64. The zero-order chi connectivity index (χ0) is 23.6. The molecule has 0 spiro atoms. The van der Waals surface area contributed by atoms with Crippen LogP contribution in [0.5, 0.6) is 0 Å². The molecule has 0 N–H and O–H groups in total. The van der Waals surface area contributed by atoms with Crippen LogP contribution in [0.1, 0.15) is 56.7 Å². The van der Waals surface area contributed by atoms with E-state index in [9.17, 15) is 4.79 Å². The maximum Gasteiger partial charge on any atom is 0.280 e. The molecule has 4 aliphatic carbocycles. The van der Waals surface area contributed by atoms with E-state index >= 15 is 0 Å². The van der Waals surface area contributed by atoms with Crippen molar-refractivity contribution in [3.8, 4) is 5.69 Å². The highest BCUT2D eigenvalue weighted by Crippen LogP contribution is 2.60. The van der Waals surface area contributed by atoms with Crippen LogP contribution in [0.15, 0.2) is 71.5 Å². The number of amides is 1. The highest BCUT2D eigenvalue weighted by Gasteiger charge is 2.53. The first-order chi connectivity index (χ1) is 17.1. The monoisotopic (exact) mass is 463 g/mol. The Labute approximate surface area is 205 Å². The van der Waals surface area contributed by atoms with Crippen LogP contribution in [0.25, 0.3) is 11.8 Å². The van der Waals surface area contributed by atoms with Gasteiger partial charge in [0.05, 0.1) is 34.6 Å². The molecule has 1 aliphatic heterocycles. The lowest BCUT2D eigenvalue weighted by atomic mass is 9.49. The molecule has 6 heteroatoms. The smallest absolute Gasteiger partial charge is 0.267 e. The Bertz CT molecular complexity index is 1320. The number of rotatable bonds is 4. The fraction of sp³-hybridized carbons (Fsp3) is 0.379. The molecule has 5 aliphatic rings. The first-order valence-corrected chi connectivity index (χ1v) is 12.8. The van der Waals surface area contributed by atoms with Crippen molar-refractivity contribution < 1.29 is 4.79 Å². The van der Waals surface area contributed by atoms with Crippen LogP contribution >= 0.6 is 0 Å². The molecule has 4 saturated carbocycles. The Balaban J connectivity index is 1.16. The lowest BCUT2D eigenvalue weighted by Gasteiger charge is -2.56. The first-order valence-electron chi connectivity index (χ1n) is 12.8. The van der Waals surface area contributed by atoms with E-state index in [2.05, 4.69) is 44.4 Å². The summed E-state index contributed by atoms with van der Waals surface area (Å²) in [4.78, 5) is 13.0. The van der Waals surface area contributed by atoms with E-state index in [1.54, 1.807) is 0 Å². The molecule has 4 fully saturated rings. The van der Waals surface area contributed by atoms with Crippen molar-refractivity contribution >= 4 is 23.4 Å². The Hall–Kier alpha value is -3.54. The summed E-state index contributed by atoms with van der Waals surface area (Å²) in [7, 11) is 0. The number of nitrogens with zero attached hydrogens (tertiary/aromatic N) is 5. The summed E-state index contributed by atoms with van der Waals surface area (Å²) in [6.07, 6.45) is 12.1. The zero-order valence-electron chi connectivity index (χ0n) is 20.0. The van der Waals surface area contributed by atoms with Crippen molar-refractivity contribution in [3.05, 3.63) is 77.6 Å². The molecule has 176 valence electrons. The molecule has 0 radical (unpaired) electrons. The Morgan fingerprint density at radius 3 is 2.20 bits per heavy atom. The lowest BCUT2D eigenvalue weighted by molar-refractivity contribution is -0.114. The lowest BCUT2D eigenvalue weighted by Crippen LogP contribution is -2.49. The number of benzene rings is 2. The van der Waals surface area contributed by atoms with Crippen LogP contribution in [0.4, 0.5) is 5.69 Å². The van der Waals surface area contributed by atoms with Crippen molar-refractivity contribution in [2.75, 3.05) is 5.01 Å². The van der Waals surface area contributed by atoms with Gasteiger partial charge in [-0.3, -0.25) is 4.79 Å². The van der Waals surface area contributed by atoms with E-state index in [4.69, 9.17) is 0 Å². The number of carbonyl (C=O) groups excluding carboxylic acids is 1. The number of para-hydroxylation sites is 1. The Morgan fingerprint density at radius 1 is 0.886 bits per heavy atom. The number of hydrogen-bond donors (Lipinski definition) is 0. The highest BCUT2D eigenvalue weighted by molar-refractivity contribution is 6.32. The number of anilines is 1. The molecule has 2 heterocycles. The maximum atomic E-state index is 13.0. The zero-order valence-corrected chi connectivity index (χ0v) is 20.0. The molecule has 8 rings (SSSR count). The van der Waals surface area contributed by atoms with Gasteiger partial charge in [0.25, 0.3) is 5.91 Å². The average Bonchev–Trinajstić information content (AvgIpc) is 3.46. The topological polar surface area (TPSA) is 63.4 Å². The molecule has 0 atom stereocenters. The molecular formula is C29H29N5O. The fourth-order valence-corrected chi connectivity index (χ4v) is 7.52. The SMILES string of the molecule is CC1=NN(c2ccccc2)C(=O)/C1=C\c1ccc(-n2nncc2C23CC4CC(CC(C4)C2)C3)cc1. The van der Waals surface area contributed by atoms with Crippen LogP contribution in [-0.4, -0.2) is 26.6 Å². The van der Waals surface area contributed by atoms with Gasteiger partial charge in [0.15, 0.2) is 0 Å². The van der Waals surface area contributed by atoms with Crippen molar-refractivity contribution in [2.45, 2.75) is 50.9 Å². The summed E-state index contributed by atoms with van der Waals surface area (Å²) in [6.45, 7) is 1.88. The number of carbonyl (C=O) groups is 1. The molecule has 35 heavy (non-hydrogen) atoms. The van der Waals surface area contributed by atoms with Crippen molar-refractivity contribution in [3.63, 3.8) is 0 Å². The van der Waals surface area contributed by atoms with Crippen LogP contribution < -0.4 is 5.01 Å². The fourth-order valence-electron chi connectivity index (χ4n) is 7.52. The maximum absolute atomic E-state index is 13.0. The summed E-state index contributed by atoms with van der Waals surface area (Å²) in [6, 6.07) is 17.8. The van der Waals surface area contributed by atoms with E-state index in [0.717, 1.165) is 40.4 Å². The third-order valence-electron chi connectivity index (χ3n) is 8.64. The minimum atomic E-state index is -0.0989. The molecule has 3 aromatic rings. The van der Waals surface area contributed by atoms with Gasteiger partial charge in [0, 0.05) is 5.41 Å². The number of aromatic nitrogens is 3. The molecule has 1 amide bonds. The molecule has 4 bridgehead atoms. The van der Waals surface area contributed by atoms with Crippen molar-refractivity contribution in [1.82, 2.24) is 15.0 Å². The van der Waals surface area contributed by atoms with E-state index in [1.807, 2.05) is 49.5 Å². The third kappa shape index (κ3) is 3.38. The second-order valence-corrected chi connectivity index (χ2v) is 11.0.